The van der Waals surface area contributed by atoms with Crippen molar-refractivity contribution in [3.05, 3.63) is 29.8 Å². The highest BCUT2D eigenvalue weighted by Crippen LogP contribution is 2.27. The summed E-state index contributed by atoms with van der Waals surface area (Å²) in [5.41, 5.74) is 8.50. The molecule has 3 nitrogen and oxygen atoms in total. The SMILES string of the molecule is CC1CN(c2ccccc2[C@H](C)N)CC(C)O1. The molecule has 1 saturated heterocycles. The minimum absolute atomic E-state index is 0.0691. The monoisotopic (exact) mass is 234 g/mol. The van der Waals surface area contributed by atoms with Crippen LogP contribution in [0, 0.1) is 0 Å². The second-order valence-electron chi connectivity index (χ2n) is 5.01. The molecule has 3 heteroatoms. The van der Waals surface area contributed by atoms with Gasteiger partial charge in [0.2, 0.25) is 0 Å². The predicted molar refractivity (Wildman–Crippen MR) is 71.3 cm³/mol. The lowest BCUT2D eigenvalue weighted by Crippen LogP contribution is -2.46. The molecule has 1 aliphatic rings. The molecule has 2 rings (SSSR count). The summed E-state index contributed by atoms with van der Waals surface area (Å²) in [5.74, 6) is 0. The number of ether oxygens (including phenoxy) is 1. The first-order valence-corrected chi connectivity index (χ1v) is 6.33. The molecule has 0 aromatic heterocycles. The average Bonchev–Trinajstić information content (AvgIpc) is 2.27. The van der Waals surface area contributed by atoms with E-state index in [0.29, 0.717) is 0 Å². The average molecular weight is 234 g/mol. The summed E-state index contributed by atoms with van der Waals surface area (Å²) in [5, 5.41) is 0. The summed E-state index contributed by atoms with van der Waals surface area (Å²) >= 11 is 0. The number of rotatable bonds is 2. The van der Waals surface area contributed by atoms with Crippen LogP contribution in [0.15, 0.2) is 24.3 Å². The zero-order chi connectivity index (χ0) is 12.4. The Balaban J connectivity index is 2.27. The van der Waals surface area contributed by atoms with Gasteiger partial charge < -0.3 is 15.4 Å². The van der Waals surface area contributed by atoms with Crippen LogP contribution in [0.1, 0.15) is 32.4 Å². The lowest BCUT2D eigenvalue weighted by Gasteiger charge is -2.38. The molecule has 0 saturated carbocycles. The van der Waals surface area contributed by atoms with Crippen LogP contribution >= 0.6 is 0 Å². The van der Waals surface area contributed by atoms with Gasteiger partial charge in [0.15, 0.2) is 0 Å². The Morgan fingerprint density at radius 2 is 1.82 bits per heavy atom. The van der Waals surface area contributed by atoms with Crippen LogP contribution in [0.25, 0.3) is 0 Å². The Morgan fingerprint density at radius 3 is 2.41 bits per heavy atom. The smallest absolute Gasteiger partial charge is 0.0726 e. The second-order valence-corrected chi connectivity index (χ2v) is 5.01. The van der Waals surface area contributed by atoms with Crippen LogP contribution in [0.3, 0.4) is 0 Å². The summed E-state index contributed by atoms with van der Waals surface area (Å²) in [6, 6.07) is 8.47. The normalized spacial score (nSPS) is 26.9. The van der Waals surface area contributed by atoms with E-state index in [4.69, 9.17) is 10.5 Å². The van der Waals surface area contributed by atoms with Gasteiger partial charge in [-0.2, -0.15) is 0 Å². The minimum atomic E-state index is 0.0691. The van der Waals surface area contributed by atoms with Crippen LogP contribution in [-0.4, -0.2) is 25.3 Å². The van der Waals surface area contributed by atoms with Gasteiger partial charge in [0.25, 0.3) is 0 Å². The van der Waals surface area contributed by atoms with Crippen molar-refractivity contribution in [2.24, 2.45) is 5.73 Å². The van der Waals surface area contributed by atoms with Crippen molar-refractivity contribution in [1.82, 2.24) is 0 Å². The highest BCUT2D eigenvalue weighted by molar-refractivity contribution is 5.55. The quantitative estimate of drug-likeness (QED) is 0.853. The summed E-state index contributed by atoms with van der Waals surface area (Å²) in [7, 11) is 0. The molecular formula is C14H22N2O. The van der Waals surface area contributed by atoms with E-state index in [9.17, 15) is 0 Å². The summed E-state index contributed by atoms with van der Waals surface area (Å²) in [6.07, 6.45) is 0.555. The molecule has 0 bridgehead atoms. The van der Waals surface area contributed by atoms with Gasteiger partial charge in [-0.15, -0.1) is 0 Å². The van der Waals surface area contributed by atoms with E-state index in [1.165, 1.54) is 11.3 Å². The summed E-state index contributed by atoms with van der Waals surface area (Å²) < 4.78 is 5.77. The van der Waals surface area contributed by atoms with Gasteiger partial charge >= 0.3 is 0 Å². The molecule has 0 amide bonds. The Hall–Kier alpha value is -1.06. The van der Waals surface area contributed by atoms with Crippen LogP contribution in [0.2, 0.25) is 0 Å². The Kier molecular flexibility index (Phi) is 3.69. The zero-order valence-corrected chi connectivity index (χ0v) is 10.9. The van der Waals surface area contributed by atoms with Gasteiger partial charge in [0, 0.05) is 24.8 Å². The molecule has 3 atom stereocenters. The Labute approximate surface area is 104 Å². The van der Waals surface area contributed by atoms with Gasteiger partial charge in [-0.05, 0) is 32.4 Å². The van der Waals surface area contributed by atoms with Crippen LogP contribution in [0.5, 0.6) is 0 Å². The van der Waals surface area contributed by atoms with Gasteiger partial charge in [0.1, 0.15) is 0 Å². The van der Waals surface area contributed by atoms with E-state index in [0.717, 1.165) is 13.1 Å². The fourth-order valence-electron chi connectivity index (χ4n) is 2.54. The van der Waals surface area contributed by atoms with E-state index in [2.05, 4.69) is 43.0 Å². The Bertz CT molecular complexity index is 368. The number of hydrogen-bond donors (Lipinski definition) is 1. The van der Waals surface area contributed by atoms with Crippen molar-refractivity contribution < 1.29 is 4.74 Å². The van der Waals surface area contributed by atoms with E-state index in [-0.39, 0.29) is 18.2 Å². The highest BCUT2D eigenvalue weighted by Gasteiger charge is 2.24. The number of para-hydroxylation sites is 1. The summed E-state index contributed by atoms with van der Waals surface area (Å²) in [6.45, 7) is 8.16. The molecule has 0 radical (unpaired) electrons. The van der Waals surface area contributed by atoms with Crippen LogP contribution in [0.4, 0.5) is 5.69 Å². The molecule has 0 spiro atoms. The molecule has 2 unspecified atom stereocenters. The lowest BCUT2D eigenvalue weighted by molar-refractivity contribution is -0.00527. The van der Waals surface area contributed by atoms with Crippen molar-refractivity contribution >= 4 is 5.69 Å². The molecule has 1 aliphatic heterocycles. The van der Waals surface area contributed by atoms with E-state index >= 15 is 0 Å². The van der Waals surface area contributed by atoms with Crippen LogP contribution < -0.4 is 10.6 Å². The standard InChI is InChI=1S/C14H22N2O/c1-10-8-16(9-11(2)17-10)14-7-5-4-6-13(14)12(3)15/h4-7,10-12H,8-9,15H2,1-3H3/t10?,11?,12-/m0/s1. The molecule has 2 N–H and O–H groups in total. The number of hydrogen-bond acceptors (Lipinski definition) is 3. The lowest BCUT2D eigenvalue weighted by atomic mass is 10.0. The third-order valence-corrected chi connectivity index (χ3v) is 3.19. The highest BCUT2D eigenvalue weighted by atomic mass is 16.5. The van der Waals surface area contributed by atoms with Gasteiger partial charge in [-0.25, -0.2) is 0 Å². The number of benzene rings is 1. The predicted octanol–water partition coefficient (Wildman–Crippen LogP) is 2.32. The molecule has 94 valence electrons. The van der Waals surface area contributed by atoms with Crippen LogP contribution in [-0.2, 0) is 4.74 Å². The van der Waals surface area contributed by atoms with Crippen molar-refractivity contribution in [1.29, 1.82) is 0 Å². The van der Waals surface area contributed by atoms with Gasteiger partial charge in [0.05, 0.1) is 12.2 Å². The number of nitrogens with two attached hydrogens (primary N) is 1. The first-order valence-electron chi connectivity index (χ1n) is 6.33. The number of nitrogens with zero attached hydrogens (tertiary/aromatic N) is 1. The maximum atomic E-state index is 6.03. The van der Waals surface area contributed by atoms with E-state index in [1.54, 1.807) is 0 Å². The van der Waals surface area contributed by atoms with Crippen molar-refractivity contribution in [2.75, 3.05) is 18.0 Å². The molecule has 17 heavy (non-hydrogen) atoms. The third kappa shape index (κ3) is 2.79. The fourth-order valence-corrected chi connectivity index (χ4v) is 2.54. The molecular weight excluding hydrogens is 212 g/mol. The first kappa shape index (κ1) is 12.4. The number of anilines is 1. The molecule has 1 fully saturated rings. The first-order chi connectivity index (χ1) is 8.08. The molecule has 1 heterocycles. The number of morpholine rings is 1. The minimum Gasteiger partial charge on any atom is -0.372 e. The maximum absolute atomic E-state index is 6.03. The van der Waals surface area contributed by atoms with Crippen molar-refractivity contribution in [2.45, 2.75) is 39.0 Å². The second kappa shape index (κ2) is 5.07. The zero-order valence-electron chi connectivity index (χ0n) is 10.9. The molecule has 0 aliphatic carbocycles. The summed E-state index contributed by atoms with van der Waals surface area (Å²) in [4.78, 5) is 2.39. The van der Waals surface area contributed by atoms with Crippen molar-refractivity contribution in [3.63, 3.8) is 0 Å². The largest absolute Gasteiger partial charge is 0.372 e. The third-order valence-electron chi connectivity index (χ3n) is 3.19. The molecule has 1 aromatic rings. The van der Waals surface area contributed by atoms with Crippen molar-refractivity contribution in [3.8, 4) is 0 Å². The Morgan fingerprint density at radius 1 is 1.24 bits per heavy atom. The van der Waals surface area contributed by atoms with E-state index < -0.39 is 0 Å². The topological polar surface area (TPSA) is 38.5 Å². The van der Waals surface area contributed by atoms with E-state index in [1.807, 2.05) is 6.92 Å². The van der Waals surface area contributed by atoms with Gasteiger partial charge in [-0.3, -0.25) is 0 Å². The van der Waals surface area contributed by atoms with Gasteiger partial charge in [-0.1, -0.05) is 18.2 Å². The maximum Gasteiger partial charge on any atom is 0.0726 e. The molecule has 1 aromatic carbocycles. The fraction of sp³-hybridized carbons (Fsp3) is 0.571.